The predicted octanol–water partition coefficient (Wildman–Crippen LogP) is 2.55. The molecule has 0 fully saturated rings. The van der Waals surface area contributed by atoms with Gasteiger partial charge in [-0.15, -0.1) is 21.5 Å². The van der Waals surface area contributed by atoms with Crippen molar-refractivity contribution in [2.24, 2.45) is 0 Å². The van der Waals surface area contributed by atoms with Gasteiger partial charge in [-0.1, -0.05) is 0 Å². The van der Waals surface area contributed by atoms with E-state index in [1.807, 2.05) is 0 Å². The van der Waals surface area contributed by atoms with E-state index in [0.717, 1.165) is 12.1 Å². The zero-order chi connectivity index (χ0) is 13.1. The van der Waals surface area contributed by atoms with E-state index >= 15 is 0 Å². The molecule has 0 bridgehead atoms. The zero-order valence-corrected chi connectivity index (χ0v) is 12.0. The second-order valence-electron chi connectivity index (χ2n) is 4.90. The first-order valence-corrected chi connectivity index (χ1v) is 7.03. The normalized spacial score (nSPS) is 11.9. The molecule has 0 aliphatic heterocycles. The standard InChI is InChI=1S/C12H19N5S/c1-8(2)17(9(3)4)6-11-5-10(7-18-11)12-13-15-16-14-12/h5,7-9H,6H2,1-4H3,(H,13,14,15,16). The SMILES string of the molecule is CC(C)N(Cc1cc(-c2nn[nH]n2)cs1)C(C)C. The smallest absolute Gasteiger partial charge is 0.205 e. The van der Waals surface area contributed by atoms with Crippen LogP contribution in [0.3, 0.4) is 0 Å². The number of nitrogens with one attached hydrogen (secondary N) is 1. The lowest BCUT2D eigenvalue weighted by atomic mass is 10.2. The van der Waals surface area contributed by atoms with Gasteiger partial charge >= 0.3 is 0 Å². The van der Waals surface area contributed by atoms with E-state index in [1.165, 1.54) is 4.88 Å². The van der Waals surface area contributed by atoms with Crippen molar-refractivity contribution in [3.63, 3.8) is 0 Å². The lowest BCUT2D eigenvalue weighted by molar-refractivity contribution is 0.167. The molecule has 2 heterocycles. The van der Waals surface area contributed by atoms with Crippen LogP contribution in [0.2, 0.25) is 0 Å². The second kappa shape index (κ2) is 5.58. The van der Waals surface area contributed by atoms with Crippen molar-refractivity contribution in [1.82, 2.24) is 25.5 Å². The number of thiophene rings is 1. The third kappa shape index (κ3) is 2.94. The second-order valence-corrected chi connectivity index (χ2v) is 5.89. The van der Waals surface area contributed by atoms with Gasteiger partial charge in [0.1, 0.15) is 0 Å². The van der Waals surface area contributed by atoms with Gasteiger partial charge in [-0.3, -0.25) is 4.90 Å². The topological polar surface area (TPSA) is 57.7 Å². The number of nitrogens with zero attached hydrogens (tertiary/aromatic N) is 4. The molecule has 6 heteroatoms. The number of rotatable bonds is 5. The first-order valence-electron chi connectivity index (χ1n) is 6.15. The Morgan fingerprint density at radius 2 is 2.00 bits per heavy atom. The third-order valence-corrected chi connectivity index (χ3v) is 3.84. The van der Waals surface area contributed by atoms with Crippen LogP contribution in [0.25, 0.3) is 11.4 Å². The molecular formula is C12H19N5S. The van der Waals surface area contributed by atoms with Gasteiger partial charge in [0, 0.05) is 34.4 Å². The predicted molar refractivity (Wildman–Crippen MR) is 73.3 cm³/mol. The van der Waals surface area contributed by atoms with Crippen molar-refractivity contribution < 1.29 is 0 Å². The number of aromatic nitrogens is 4. The average Bonchev–Trinajstić information content (AvgIpc) is 2.95. The molecule has 98 valence electrons. The maximum absolute atomic E-state index is 4.00. The molecule has 0 saturated carbocycles. The fourth-order valence-electron chi connectivity index (χ4n) is 2.01. The zero-order valence-electron chi connectivity index (χ0n) is 11.2. The number of hydrogen-bond acceptors (Lipinski definition) is 5. The Labute approximate surface area is 111 Å². The van der Waals surface area contributed by atoms with E-state index in [-0.39, 0.29) is 0 Å². The minimum absolute atomic E-state index is 0.542. The monoisotopic (exact) mass is 265 g/mol. The van der Waals surface area contributed by atoms with Gasteiger partial charge in [-0.05, 0) is 39.0 Å². The summed E-state index contributed by atoms with van der Waals surface area (Å²) in [6, 6.07) is 3.23. The molecular weight excluding hydrogens is 246 g/mol. The first kappa shape index (κ1) is 13.2. The lowest BCUT2D eigenvalue weighted by Crippen LogP contribution is -2.35. The number of hydrogen-bond donors (Lipinski definition) is 1. The van der Waals surface area contributed by atoms with E-state index in [4.69, 9.17) is 0 Å². The fraction of sp³-hybridized carbons (Fsp3) is 0.583. The highest BCUT2D eigenvalue weighted by Gasteiger charge is 2.15. The molecule has 0 unspecified atom stereocenters. The fourth-order valence-corrected chi connectivity index (χ4v) is 2.88. The van der Waals surface area contributed by atoms with Gasteiger partial charge in [0.2, 0.25) is 5.82 Å². The summed E-state index contributed by atoms with van der Waals surface area (Å²) in [5.74, 6) is 0.665. The van der Waals surface area contributed by atoms with E-state index in [2.05, 4.69) is 64.7 Å². The summed E-state index contributed by atoms with van der Waals surface area (Å²) in [6.45, 7) is 9.89. The van der Waals surface area contributed by atoms with Crippen molar-refractivity contribution >= 4 is 11.3 Å². The van der Waals surface area contributed by atoms with Crippen molar-refractivity contribution in [3.05, 3.63) is 16.3 Å². The van der Waals surface area contributed by atoms with E-state index < -0.39 is 0 Å². The maximum Gasteiger partial charge on any atom is 0.205 e. The highest BCUT2D eigenvalue weighted by molar-refractivity contribution is 7.10. The Morgan fingerprint density at radius 1 is 1.28 bits per heavy atom. The van der Waals surface area contributed by atoms with Crippen LogP contribution in [0.1, 0.15) is 32.6 Å². The first-order chi connectivity index (χ1) is 8.58. The molecule has 5 nitrogen and oxygen atoms in total. The molecule has 0 radical (unpaired) electrons. The van der Waals surface area contributed by atoms with Gasteiger partial charge < -0.3 is 0 Å². The number of H-pyrrole nitrogens is 1. The van der Waals surface area contributed by atoms with E-state index in [0.29, 0.717) is 17.9 Å². The van der Waals surface area contributed by atoms with Gasteiger partial charge in [-0.2, -0.15) is 5.21 Å². The van der Waals surface area contributed by atoms with E-state index in [1.54, 1.807) is 11.3 Å². The summed E-state index contributed by atoms with van der Waals surface area (Å²) in [5.41, 5.74) is 1.04. The van der Waals surface area contributed by atoms with Crippen LogP contribution >= 0.6 is 11.3 Å². The molecule has 0 aliphatic rings. The Morgan fingerprint density at radius 3 is 2.56 bits per heavy atom. The van der Waals surface area contributed by atoms with Crippen LogP contribution < -0.4 is 0 Å². The van der Waals surface area contributed by atoms with Crippen LogP contribution in [0, 0.1) is 0 Å². The Kier molecular flexibility index (Phi) is 4.08. The Bertz CT molecular complexity index is 466. The van der Waals surface area contributed by atoms with Crippen molar-refractivity contribution in [3.8, 4) is 11.4 Å². The van der Waals surface area contributed by atoms with Gasteiger partial charge in [-0.25, -0.2) is 0 Å². The van der Waals surface area contributed by atoms with Gasteiger partial charge in [0.05, 0.1) is 0 Å². The molecule has 1 N–H and O–H groups in total. The third-order valence-electron chi connectivity index (χ3n) is 2.92. The quantitative estimate of drug-likeness (QED) is 0.902. The lowest BCUT2D eigenvalue weighted by Gasteiger charge is -2.29. The van der Waals surface area contributed by atoms with Crippen LogP contribution in [0.15, 0.2) is 11.4 Å². The highest BCUT2D eigenvalue weighted by atomic mass is 32.1. The maximum atomic E-state index is 4.00. The number of tetrazole rings is 1. The Hall–Kier alpha value is -1.27. The van der Waals surface area contributed by atoms with Crippen molar-refractivity contribution in [2.45, 2.75) is 46.3 Å². The summed E-state index contributed by atoms with van der Waals surface area (Å²) in [6.07, 6.45) is 0. The molecule has 0 aliphatic carbocycles. The minimum atomic E-state index is 0.542. The molecule has 18 heavy (non-hydrogen) atoms. The summed E-state index contributed by atoms with van der Waals surface area (Å²) < 4.78 is 0. The highest BCUT2D eigenvalue weighted by Crippen LogP contribution is 2.24. The van der Waals surface area contributed by atoms with Crippen LogP contribution in [0.5, 0.6) is 0 Å². The van der Waals surface area contributed by atoms with Gasteiger partial charge in [0.15, 0.2) is 0 Å². The van der Waals surface area contributed by atoms with Gasteiger partial charge in [0.25, 0.3) is 0 Å². The number of aromatic amines is 1. The molecule has 0 atom stereocenters. The van der Waals surface area contributed by atoms with E-state index in [9.17, 15) is 0 Å². The minimum Gasteiger partial charge on any atom is -0.293 e. The molecule has 2 aromatic heterocycles. The molecule has 0 spiro atoms. The summed E-state index contributed by atoms with van der Waals surface area (Å²) in [4.78, 5) is 3.79. The van der Waals surface area contributed by atoms with Crippen molar-refractivity contribution in [2.75, 3.05) is 0 Å². The van der Waals surface area contributed by atoms with Crippen LogP contribution in [0.4, 0.5) is 0 Å². The molecule has 2 rings (SSSR count). The molecule has 2 aromatic rings. The summed E-state index contributed by atoms with van der Waals surface area (Å²) in [7, 11) is 0. The molecule has 0 aromatic carbocycles. The van der Waals surface area contributed by atoms with Crippen LogP contribution in [-0.2, 0) is 6.54 Å². The van der Waals surface area contributed by atoms with Crippen LogP contribution in [-0.4, -0.2) is 37.6 Å². The Balaban J connectivity index is 2.11. The summed E-state index contributed by atoms with van der Waals surface area (Å²) >= 11 is 1.75. The molecule has 0 saturated heterocycles. The molecule has 0 amide bonds. The summed E-state index contributed by atoms with van der Waals surface area (Å²) in [5, 5.41) is 16.1. The average molecular weight is 265 g/mol. The largest absolute Gasteiger partial charge is 0.293 e. The van der Waals surface area contributed by atoms with Crippen molar-refractivity contribution in [1.29, 1.82) is 0 Å².